The third-order valence-corrected chi connectivity index (χ3v) is 4.97. The van der Waals surface area contributed by atoms with Gasteiger partial charge in [-0.3, -0.25) is 4.57 Å². The highest BCUT2D eigenvalue weighted by molar-refractivity contribution is 5.84. The molecular formula is C16H24N6O4. The molecule has 4 atom stereocenters. The number of nitrogens with one attached hydrogen (secondary N) is 1. The number of ether oxygens (including phenoxy) is 2. The first-order valence-corrected chi connectivity index (χ1v) is 8.82. The molecule has 3 unspecified atom stereocenters. The minimum atomic E-state index is -0.805. The molecule has 2 aromatic heterocycles. The lowest BCUT2D eigenvalue weighted by Gasteiger charge is -2.21. The maximum Gasteiger partial charge on any atom is 0.224 e. The van der Waals surface area contributed by atoms with E-state index in [4.69, 9.17) is 15.2 Å². The quantitative estimate of drug-likeness (QED) is 0.529. The number of fused-ring (bicyclic) bond motifs is 1. The molecule has 1 saturated carbocycles. The third-order valence-electron chi connectivity index (χ3n) is 4.97. The Labute approximate surface area is 150 Å². The highest BCUT2D eigenvalue weighted by Gasteiger charge is 2.44. The maximum absolute atomic E-state index is 10.5. The molecule has 10 heteroatoms. The molecule has 0 bridgehead atoms. The van der Waals surface area contributed by atoms with Crippen molar-refractivity contribution >= 4 is 22.9 Å². The van der Waals surface area contributed by atoms with Gasteiger partial charge in [-0.1, -0.05) is 0 Å². The molecule has 142 valence electrons. The SMILES string of the molecule is COCC[C@H]1C(O)C(CO)OC1n1cnc2c(NC3CC3)nc(N)nc21. The number of hydrogen-bond donors (Lipinski definition) is 4. The van der Waals surface area contributed by atoms with Crippen LogP contribution in [0.1, 0.15) is 25.5 Å². The predicted molar refractivity (Wildman–Crippen MR) is 93.4 cm³/mol. The van der Waals surface area contributed by atoms with Crippen molar-refractivity contribution in [1.82, 2.24) is 19.5 Å². The van der Waals surface area contributed by atoms with Gasteiger partial charge in [-0.05, 0) is 19.3 Å². The molecule has 0 spiro atoms. The molecule has 10 nitrogen and oxygen atoms in total. The first-order valence-electron chi connectivity index (χ1n) is 8.82. The maximum atomic E-state index is 10.5. The summed E-state index contributed by atoms with van der Waals surface area (Å²) >= 11 is 0. The summed E-state index contributed by atoms with van der Waals surface area (Å²) in [6, 6.07) is 0.399. The van der Waals surface area contributed by atoms with Crippen LogP contribution in [0.2, 0.25) is 0 Å². The van der Waals surface area contributed by atoms with Crippen LogP contribution in [0.4, 0.5) is 11.8 Å². The van der Waals surface area contributed by atoms with Crippen molar-refractivity contribution in [3.63, 3.8) is 0 Å². The van der Waals surface area contributed by atoms with Crippen molar-refractivity contribution in [3.05, 3.63) is 6.33 Å². The van der Waals surface area contributed by atoms with Gasteiger partial charge in [0, 0.05) is 25.7 Å². The summed E-state index contributed by atoms with van der Waals surface area (Å²) in [7, 11) is 1.61. The normalized spacial score (nSPS) is 28.7. The molecule has 4 rings (SSSR count). The molecule has 5 N–H and O–H groups in total. The molecule has 0 aromatic carbocycles. The van der Waals surface area contributed by atoms with Crippen LogP contribution in [-0.4, -0.2) is 68.3 Å². The van der Waals surface area contributed by atoms with E-state index >= 15 is 0 Å². The Morgan fingerprint density at radius 3 is 2.92 bits per heavy atom. The van der Waals surface area contributed by atoms with E-state index in [0.717, 1.165) is 12.8 Å². The minimum absolute atomic E-state index is 0.146. The smallest absolute Gasteiger partial charge is 0.224 e. The molecule has 2 aliphatic rings. The summed E-state index contributed by atoms with van der Waals surface area (Å²) in [6.45, 7) is 0.206. The average Bonchev–Trinajstić information content (AvgIpc) is 3.25. The van der Waals surface area contributed by atoms with Crippen molar-refractivity contribution in [2.75, 3.05) is 31.4 Å². The zero-order chi connectivity index (χ0) is 18.3. The molecule has 2 fully saturated rings. The summed E-state index contributed by atoms with van der Waals surface area (Å²) < 4.78 is 12.8. The van der Waals surface area contributed by atoms with Crippen LogP contribution < -0.4 is 11.1 Å². The Morgan fingerprint density at radius 2 is 2.23 bits per heavy atom. The van der Waals surface area contributed by atoms with E-state index in [-0.39, 0.29) is 18.5 Å². The second kappa shape index (κ2) is 6.95. The summed E-state index contributed by atoms with van der Waals surface area (Å²) in [5.74, 6) is 0.494. The Balaban J connectivity index is 1.71. The Morgan fingerprint density at radius 1 is 1.42 bits per heavy atom. The van der Waals surface area contributed by atoms with E-state index in [0.29, 0.717) is 36.1 Å². The van der Waals surface area contributed by atoms with E-state index in [1.807, 2.05) is 0 Å². The van der Waals surface area contributed by atoms with Crippen molar-refractivity contribution in [1.29, 1.82) is 0 Å². The van der Waals surface area contributed by atoms with E-state index in [2.05, 4.69) is 20.3 Å². The highest BCUT2D eigenvalue weighted by Crippen LogP contribution is 2.39. The average molecular weight is 364 g/mol. The number of imidazole rings is 1. The van der Waals surface area contributed by atoms with Crippen LogP contribution in [0.3, 0.4) is 0 Å². The van der Waals surface area contributed by atoms with Crippen molar-refractivity contribution in [3.8, 4) is 0 Å². The van der Waals surface area contributed by atoms with Gasteiger partial charge in [0.25, 0.3) is 0 Å². The molecule has 0 amide bonds. The summed E-state index contributed by atoms with van der Waals surface area (Å²) in [4.78, 5) is 13.0. The zero-order valence-corrected chi connectivity index (χ0v) is 14.6. The summed E-state index contributed by atoms with van der Waals surface area (Å²) in [6.07, 6.45) is 2.40. The molecule has 3 heterocycles. The summed E-state index contributed by atoms with van der Waals surface area (Å²) in [5, 5.41) is 23.3. The zero-order valence-electron chi connectivity index (χ0n) is 14.6. The summed E-state index contributed by atoms with van der Waals surface area (Å²) in [5.41, 5.74) is 7.04. The van der Waals surface area contributed by atoms with Crippen LogP contribution in [0.5, 0.6) is 0 Å². The van der Waals surface area contributed by atoms with Crippen LogP contribution >= 0.6 is 0 Å². The topological polar surface area (TPSA) is 141 Å². The van der Waals surface area contributed by atoms with Crippen molar-refractivity contribution < 1.29 is 19.7 Å². The molecule has 1 aliphatic carbocycles. The van der Waals surface area contributed by atoms with Crippen LogP contribution in [0.25, 0.3) is 11.2 Å². The number of aromatic nitrogens is 4. The number of aliphatic hydroxyl groups excluding tert-OH is 2. The Bertz CT molecular complexity index is 779. The number of methoxy groups -OCH3 is 1. The van der Waals surface area contributed by atoms with Crippen LogP contribution in [0.15, 0.2) is 6.33 Å². The van der Waals surface area contributed by atoms with Gasteiger partial charge in [0.1, 0.15) is 12.3 Å². The van der Waals surface area contributed by atoms with Gasteiger partial charge in [-0.15, -0.1) is 0 Å². The molecule has 0 radical (unpaired) electrons. The first kappa shape index (κ1) is 17.4. The number of nitrogens with two attached hydrogens (primary N) is 1. The van der Waals surface area contributed by atoms with Gasteiger partial charge in [0.2, 0.25) is 5.95 Å². The van der Waals surface area contributed by atoms with E-state index in [1.165, 1.54) is 0 Å². The minimum Gasteiger partial charge on any atom is -0.394 e. The number of anilines is 2. The molecule has 2 aromatic rings. The van der Waals surface area contributed by atoms with Gasteiger partial charge in [-0.25, -0.2) is 4.98 Å². The number of hydrogen-bond acceptors (Lipinski definition) is 9. The Kier molecular flexibility index (Phi) is 4.65. The third kappa shape index (κ3) is 3.09. The lowest BCUT2D eigenvalue weighted by Crippen LogP contribution is -2.30. The second-order valence-electron chi connectivity index (χ2n) is 6.86. The lowest BCUT2D eigenvalue weighted by atomic mass is 9.96. The number of nitrogen functional groups attached to an aromatic ring is 1. The largest absolute Gasteiger partial charge is 0.394 e. The van der Waals surface area contributed by atoms with Gasteiger partial charge < -0.3 is 30.7 Å². The molecule has 1 saturated heterocycles. The van der Waals surface area contributed by atoms with Crippen LogP contribution in [-0.2, 0) is 9.47 Å². The fourth-order valence-electron chi connectivity index (χ4n) is 3.44. The lowest BCUT2D eigenvalue weighted by molar-refractivity contribution is -0.0456. The molecule has 1 aliphatic heterocycles. The van der Waals surface area contributed by atoms with E-state index < -0.39 is 18.4 Å². The molecule has 26 heavy (non-hydrogen) atoms. The van der Waals surface area contributed by atoms with Gasteiger partial charge in [0.15, 0.2) is 17.0 Å². The number of rotatable bonds is 7. The Hall–Kier alpha value is -2.01. The highest BCUT2D eigenvalue weighted by atomic mass is 16.5. The van der Waals surface area contributed by atoms with Crippen molar-refractivity contribution in [2.24, 2.45) is 5.92 Å². The van der Waals surface area contributed by atoms with Gasteiger partial charge in [-0.2, -0.15) is 9.97 Å². The van der Waals surface area contributed by atoms with Gasteiger partial charge in [0.05, 0.1) is 19.0 Å². The van der Waals surface area contributed by atoms with Crippen molar-refractivity contribution in [2.45, 2.75) is 43.7 Å². The monoisotopic (exact) mass is 364 g/mol. The van der Waals surface area contributed by atoms with Crippen LogP contribution in [0, 0.1) is 5.92 Å². The first-order chi connectivity index (χ1) is 12.6. The number of nitrogens with zero attached hydrogens (tertiary/aromatic N) is 4. The second-order valence-corrected chi connectivity index (χ2v) is 6.86. The van der Waals surface area contributed by atoms with Gasteiger partial charge >= 0.3 is 0 Å². The fraction of sp³-hybridized carbons (Fsp3) is 0.688. The molecular weight excluding hydrogens is 340 g/mol. The number of aliphatic hydroxyl groups is 2. The van der Waals surface area contributed by atoms with E-state index in [1.54, 1.807) is 18.0 Å². The standard InChI is InChI=1S/C16H24N6O4/c1-25-5-4-9-12(24)10(6-23)26-15(9)22-7-18-11-13(19-8-2-3-8)20-16(17)21-14(11)22/h7-10,12,15,23-24H,2-6H2,1H3,(H3,17,19,20,21)/t9-,10?,12?,15?/m0/s1. The fourth-order valence-corrected chi connectivity index (χ4v) is 3.44. The van der Waals surface area contributed by atoms with E-state index in [9.17, 15) is 10.2 Å². The predicted octanol–water partition coefficient (Wildman–Crippen LogP) is -0.114.